The van der Waals surface area contributed by atoms with Gasteiger partial charge in [-0.15, -0.1) is 0 Å². The number of aliphatic hydroxyl groups excluding tert-OH is 1. The number of ether oxygens (including phenoxy) is 1. The van der Waals surface area contributed by atoms with E-state index in [4.69, 9.17) is 4.74 Å². The number of hydrogen-bond donors (Lipinski definition) is 2. The second-order valence-electron chi connectivity index (χ2n) is 4.40. The standard InChI is InChI=1S/C16H18BrNO2/c1-2-20-15-8-3-5-12(9-15)16(11-19)18-14-7-4-6-13(17)10-14/h3-10,16,18-19H,2,11H2,1H3. The second kappa shape index (κ2) is 7.31. The van der Waals surface area contributed by atoms with Crippen molar-refractivity contribution >= 4 is 21.6 Å². The number of aliphatic hydroxyl groups is 1. The highest BCUT2D eigenvalue weighted by Gasteiger charge is 2.11. The maximum absolute atomic E-state index is 9.62. The quantitative estimate of drug-likeness (QED) is 0.838. The predicted molar refractivity (Wildman–Crippen MR) is 85.2 cm³/mol. The Balaban J connectivity index is 2.17. The fourth-order valence-corrected chi connectivity index (χ4v) is 2.40. The lowest BCUT2D eigenvalue weighted by Crippen LogP contribution is -2.14. The molecule has 0 amide bonds. The first-order valence-electron chi connectivity index (χ1n) is 6.58. The minimum Gasteiger partial charge on any atom is -0.494 e. The van der Waals surface area contributed by atoms with Gasteiger partial charge in [0.05, 0.1) is 19.3 Å². The number of halogens is 1. The number of anilines is 1. The van der Waals surface area contributed by atoms with Crippen molar-refractivity contribution in [2.75, 3.05) is 18.5 Å². The number of nitrogens with one attached hydrogen (secondary N) is 1. The van der Waals surface area contributed by atoms with Crippen molar-refractivity contribution in [3.63, 3.8) is 0 Å². The van der Waals surface area contributed by atoms with Crippen LogP contribution in [0.5, 0.6) is 5.75 Å². The molecule has 0 saturated carbocycles. The molecule has 0 heterocycles. The summed E-state index contributed by atoms with van der Waals surface area (Å²) >= 11 is 3.44. The molecule has 0 radical (unpaired) electrons. The molecule has 0 aromatic heterocycles. The van der Waals surface area contributed by atoms with E-state index < -0.39 is 0 Å². The van der Waals surface area contributed by atoms with Gasteiger partial charge >= 0.3 is 0 Å². The molecule has 106 valence electrons. The lowest BCUT2D eigenvalue weighted by Gasteiger charge is -2.19. The molecule has 0 aliphatic heterocycles. The van der Waals surface area contributed by atoms with Crippen LogP contribution in [-0.2, 0) is 0 Å². The molecule has 2 aromatic carbocycles. The van der Waals surface area contributed by atoms with Crippen LogP contribution >= 0.6 is 15.9 Å². The summed E-state index contributed by atoms with van der Waals surface area (Å²) in [5.41, 5.74) is 1.96. The Morgan fingerprint density at radius 2 is 2.00 bits per heavy atom. The van der Waals surface area contributed by atoms with Crippen LogP contribution in [0.4, 0.5) is 5.69 Å². The van der Waals surface area contributed by atoms with E-state index in [0.29, 0.717) is 6.61 Å². The summed E-state index contributed by atoms with van der Waals surface area (Å²) in [6.45, 7) is 2.60. The monoisotopic (exact) mass is 335 g/mol. The molecule has 3 nitrogen and oxygen atoms in total. The molecule has 0 aliphatic rings. The lowest BCUT2D eigenvalue weighted by molar-refractivity contribution is 0.275. The Morgan fingerprint density at radius 1 is 1.20 bits per heavy atom. The largest absolute Gasteiger partial charge is 0.494 e. The highest BCUT2D eigenvalue weighted by Crippen LogP contribution is 2.24. The van der Waals surface area contributed by atoms with Crippen molar-refractivity contribution < 1.29 is 9.84 Å². The Morgan fingerprint density at radius 3 is 2.70 bits per heavy atom. The third-order valence-corrected chi connectivity index (χ3v) is 3.41. The minimum atomic E-state index is -0.162. The fourth-order valence-electron chi connectivity index (χ4n) is 2.00. The molecule has 0 aliphatic carbocycles. The molecule has 0 bridgehead atoms. The first kappa shape index (κ1) is 14.9. The second-order valence-corrected chi connectivity index (χ2v) is 5.31. The maximum Gasteiger partial charge on any atom is 0.119 e. The fraction of sp³-hybridized carbons (Fsp3) is 0.250. The molecule has 20 heavy (non-hydrogen) atoms. The summed E-state index contributed by atoms with van der Waals surface area (Å²) in [6, 6.07) is 15.5. The van der Waals surface area contributed by atoms with Gasteiger partial charge in [0, 0.05) is 10.2 Å². The summed E-state index contributed by atoms with van der Waals surface area (Å²) < 4.78 is 6.50. The van der Waals surface area contributed by atoms with E-state index in [1.165, 1.54) is 0 Å². The summed E-state index contributed by atoms with van der Waals surface area (Å²) in [4.78, 5) is 0. The van der Waals surface area contributed by atoms with Crippen LogP contribution < -0.4 is 10.1 Å². The Kier molecular flexibility index (Phi) is 5.44. The molecule has 2 N–H and O–H groups in total. The van der Waals surface area contributed by atoms with Gasteiger partial charge in [0.15, 0.2) is 0 Å². The zero-order valence-corrected chi connectivity index (χ0v) is 12.9. The van der Waals surface area contributed by atoms with Crippen molar-refractivity contribution in [1.29, 1.82) is 0 Å². The predicted octanol–water partition coefficient (Wildman–Crippen LogP) is 3.99. The van der Waals surface area contributed by atoms with E-state index in [0.717, 1.165) is 21.5 Å². The Bertz CT molecular complexity index is 560. The topological polar surface area (TPSA) is 41.5 Å². The van der Waals surface area contributed by atoms with Crippen molar-refractivity contribution in [2.24, 2.45) is 0 Å². The highest BCUT2D eigenvalue weighted by molar-refractivity contribution is 9.10. The van der Waals surface area contributed by atoms with E-state index in [9.17, 15) is 5.11 Å². The Hall–Kier alpha value is -1.52. The van der Waals surface area contributed by atoms with Gasteiger partial charge in [-0.25, -0.2) is 0 Å². The van der Waals surface area contributed by atoms with Gasteiger partial charge < -0.3 is 15.2 Å². The molecular formula is C16H18BrNO2. The normalized spacial score (nSPS) is 11.9. The van der Waals surface area contributed by atoms with E-state index in [1.54, 1.807) is 0 Å². The van der Waals surface area contributed by atoms with Crippen LogP contribution in [-0.4, -0.2) is 18.3 Å². The molecule has 4 heteroatoms. The molecule has 0 spiro atoms. The molecule has 0 saturated heterocycles. The maximum atomic E-state index is 9.62. The van der Waals surface area contributed by atoms with Gasteiger partial charge in [-0.1, -0.05) is 34.1 Å². The molecule has 1 unspecified atom stereocenters. The van der Waals surface area contributed by atoms with Crippen molar-refractivity contribution in [3.8, 4) is 5.75 Å². The molecular weight excluding hydrogens is 318 g/mol. The van der Waals surface area contributed by atoms with Crippen LogP contribution in [0.1, 0.15) is 18.5 Å². The molecule has 1 atom stereocenters. The molecule has 2 rings (SSSR count). The van der Waals surface area contributed by atoms with Gasteiger partial charge in [0.1, 0.15) is 5.75 Å². The van der Waals surface area contributed by atoms with E-state index >= 15 is 0 Å². The van der Waals surface area contributed by atoms with E-state index in [2.05, 4.69) is 21.2 Å². The zero-order chi connectivity index (χ0) is 14.4. The third-order valence-electron chi connectivity index (χ3n) is 2.92. The first-order chi connectivity index (χ1) is 9.72. The molecule has 0 fully saturated rings. The summed E-state index contributed by atoms with van der Waals surface area (Å²) in [6.07, 6.45) is 0. The van der Waals surface area contributed by atoms with Crippen LogP contribution in [0, 0.1) is 0 Å². The summed E-state index contributed by atoms with van der Waals surface area (Å²) in [5.74, 6) is 0.819. The van der Waals surface area contributed by atoms with Gasteiger partial charge in [0.25, 0.3) is 0 Å². The van der Waals surface area contributed by atoms with Crippen LogP contribution in [0.15, 0.2) is 53.0 Å². The van der Waals surface area contributed by atoms with Gasteiger partial charge in [-0.2, -0.15) is 0 Å². The number of benzene rings is 2. The smallest absolute Gasteiger partial charge is 0.119 e. The minimum absolute atomic E-state index is 0.0160. The average Bonchev–Trinajstić information content (AvgIpc) is 2.45. The van der Waals surface area contributed by atoms with Gasteiger partial charge in [-0.05, 0) is 42.8 Å². The van der Waals surface area contributed by atoms with Gasteiger partial charge in [-0.3, -0.25) is 0 Å². The van der Waals surface area contributed by atoms with Crippen molar-refractivity contribution in [3.05, 3.63) is 58.6 Å². The lowest BCUT2D eigenvalue weighted by atomic mass is 10.1. The molecule has 2 aromatic rings. The highest BCUT2D eigenvalue weighted by atomic mass is 79.9. The summed E-state index contributed by atoms with van der Waals surface area (Å²) in [5, 5.41) is 12.9. The average molecular weight is 336 g/mol. The van der Waals surface area contributed by atoms with Gasteiger partial charge in [0.2, 0.25) is 0 Å². The Labute approximate surface area is 127 Å². The van der Waals surface area contributed by atoms with E-state index in [1.807, 2.05) is 55.5 Å². The first-order valence-corrected chi connectivity index (χ1v) is 7.38. The van der Waals surface area contributed by atoms with E-state index in [-0.39, 0.29) is 12.6 Å². The SMILES string of the molecule is CCOc1cccc(C(CO)Nc2cccc(Br)c2)c1. The summed E-state index contributed by atoms with van der Waals surface area (Å²) in [7, 11) is 0. The van der Waals surface area contributed by atoms with Crippen molar-refractivity contribution in [1.82, 2.24) is 0 Å². The zero-order valence-electron chi connectivity index (χ0n) is 11.3. The van der Waals surface area contributed by atoms with Crippen LogP contribution in [0.25, 0.3) is 0 Å². The van der Waals surface area contributed by atoms with Crippen LogP contribution in [0.3, 0.4) is 0 Å². The van der Waals surface area contributed by atoms with Crippen LogP contribution in [0.2, 0.25) is 0 Å². The number of rotatable bonds is 6. The van der Waals surface area contributed by atoms with Crippen molar-refractivity contribution in [2.45, 2.75) is 13.0 Å². The number of hydrogen-bond acceptors (Lipinski definition) is 3. The third kappa shape index (κ3) is 3.99.